The SMILES string of the molecule is Cc1onc2c1c(=O)n(C1CCCC(NC(=O)C3CCCN3C(=O)Cc3ccccc3)C1)c1cccc(Cl)c21. The third-order valence-electron chi connectivity index (χ3n) is 8.22. The quantitative estimate of drug-likeness (QED) is 0.382. The number of aromatic nitrogens is 2. The van der Waals surface area contributed by atoms with E-state index in [4.69, 9.17) is 16.1 Å². The van der Waals surface area contributed by atoms with Gasteiger partial charge in [0.15, 0.2) is 0 Å². The van der Waals surface area contributed by atoms with E-state index in [1.807, 2.05) is 47.0 Å². The van der Waals surface area contributed by atoms with Crippen molar-refractivity contribution >= 4 is 45.2 Å². The summed E-state index contributed by atoms with van der Waals surface area (Å²) in [4.78, 5) is 41.9. The first-order chi connectivity index (χ1) is 18.9. The molecule has 1 saturated heterocycles. The molecular weight excluding hydrogens is 516 g/mol. The summed E-state index contributed by atoms with van der Waals surface area (Å²) in [5.74, 6) is 0.338. The van der Waals surface area contributed by atoms with Crippen molar-refractivity contribution in [3.8, 4) is 0 Å². The fraction of sp³-hybridized carbons (Fsp3) is 0.400. The number of amides is 2. The summed E-state index contributed by atoms with van der Waals surface area (Å²) in [6, 6.07) is 14.5. The molecule has 4 aromatic rings. The number of benzene rings is 2. The number of hydrogen-bond donors (Lipinski definition) is 1. The fourth-order valence-corrected chi connectivity index (χ4v) is 6.63. The molecule has 202 valence electrons. The fourth-order valence-electron chi connectivity index (χ4n) is 6.37. The van der Waals surface area contributed by atoms with Crippen molar-refractivity contribution in [3.63, 3.8) is 0 Å². The maximum absolute atomic E-state index is 13.7. The third kappa shape index (κ3) is 4.71. The zero-order valence-electron chi connectivity index (χ0n) is 21.9. The molecule has 2 fully saturated rings. The smallest absolute Gasteiger partial charge is 0.264 e. The van der Waals surface area contributed by atoms with E-state index >= 15 is 0 Å². The minimum atomic E-state index is -0.458. The first-order valence-electron chi connectivity index (χ1n) is 13.6. The topological polar surface area (TPSA) is 97.4 Å². The van der Waals surface area contributed by atoms with Crippen LogP contribution in [-0.4, -0.2) is 45.1 Å². The van der Waals surface area contributed by atoms with Gasteiger partial charge in [-0.15, -0.1) is 0 Å². The molecule has 2 aliphatic rings. The first kappa shape index (κ1) is 25.6. The minimum Gasteiger partial charge on any atom is -0.360 e. The van der Waals surface area contributed by atoms with E-state index in [0.29, 0.717) is 52.9 Å². The van der Waals surface area contributed by atoms with Crippen LogP contribution in [0.3, 0.4) is 0 Å². The van der Waals surface area contributed by atoms with Gasteiger partial charge in [0.25, 0.3) is 5.56 Å². The van der Waals surface area contributed by atoms with E-state index in [0.717, 1.165) is 36.8 Å². The largest absolute Gasteiger partial charge is 0.360 e. The molecule has 39 heavy (non-hydrogen) atoms. The van der Waals surface area contributed by atoms with Crippen LogP contribution in [0.1, 0.15) is 55.9 Å². The van der Waals surface area contributed by atoms with Gasteiger partial charge in [-0.05, 0) is 63.1 Å². The number of fused-ring (bicyclic) bond motifs is 3. The van der Waals surface area contributed by atoms with Gasteiger partial charge >= 0.3 is 0 Å². The summed E-state index contributed by atoms with van der Waals surface area (Å²) in [5, 5.41) is 9.03. The molecule has 2 amide bonds. The number of hydrogen-bond acceptors (Lipinski definition) is 5. The van der Waals surface area contributed by atoms with Gasteiger partial charge in [0, 0.05) is 24.0 Å². The Balaban J connectivity index is 1.23. The van der Waals surface area contributed by atoms with E-state index in [1.54, 1.807) is 17.9 Å². The second kappa shape index (κ2) is 10.5. The van der Waals surface area contributed by atoms with Crippen molar-refractivity contribution in [2.24, 2.45) is 0 Å². The molecule has 9 heteroatoms. The Kier molecular flexibility index (Phi) is 6.89. The maximum atomic E-state index is 13.7. The lowest BCUT2D eigenvalue weighted by Gasteiger charge is -2.33. The first-order valence-corrected chi connectivity index (χ1v) is 14.0. The summed E-state index contributed by atoms with van der Waals surface area (Å²) in [6.45, 7) is 2.33. The van der Waals surface area contributed by atoms with Crippen LogP contribution < -0.4 is 10.9 Å². The molecule has 2 aromatic heterocycles. The Morgan fingerprint density at radius 2 is 1.87 bits per heavy atom. The lowest BCUT2D eigenvalue weighted by Crippen LogP contribution is -2.50. The van der Waals surface area contributed by atoms with Gasteiger partial charge in [0.1, 0.15) is 22.7 Å². The lowest BCUT2D eigenvalue weighted by molar-refractivity contribution is -0.138. The molecule has 3 atom stereocenters. The van der Waals surface area contributed by atoms with E-state index < -0.39 is 6.04 Å². The molecule has 1 N–H and O–H groups in total. The highest BCUT2D eigenvalue weighted by atomic mass is 35.5. The number of likely N-dealkylation sites (tertiary alicyclic amines) is 1. The van der Waals surface area contributed by atoms with Crippen molar-refractivity contribution in [1.82, 2.24) is 19.9 Å². The highest BCUT2D eigenvalue weighted by molar-refractivity contribution is 6.37. The number of rotatable bonds is 5. The van der Waals surface area contributed by atoms with Crippen LogP contribution in [0.25, 0.3) is 21.8 Å². The standard InChI is InChI=1S/C30H31ClN4O4/c1-18-26-28(33-39-18)27-22(31)12-6-13-23(27)35(30(26)38)21-11-5-10-20(17-21)32-29(37)24-14-7-15-34(24)25(36)16-19-8-3-2-4-9-19/h2-4,6,8-9,12-13,20-21,24H,5,7,10-11,14-17H2,1H3,(H,32,37). The van der Waals surface area contributed by atoms with E-state index in [1.165, 1.54) is 0 Å². The lowest BCUT2D eigenvalue weighted by atomic mass is 9.90. The van der Waals surface area contributed by atoms with Gasteiger partial charge in [-0.2, -0.15) is 0 Å². The predicted molar refractivity (Wildman–Crippen MR) is 150 cm³/mol. The minimum absolute atomic E-state index is 0.0207. The van der Waals surface area contributed by atoms with E-state index in [-0.39, 0.29) is 29.5 Å². The van der Waals surface area contributed by atoms with Crippen LogP contribution >= 0.6 is 11.6 Å². The van der Waals surface area contributed by atoms with Crippen molar-refractivity contribution in [2.75, 3.05) is 6.54 Å². The molecule has 6 rings (SSSR count). The van der Waals surface area contributed by atoms with Gasteiger partial charge in [0.2, 0.25) is 11.8 Å². The molecule has 8 nitrogen and oxygen atoms in total. The average Bonchev–Trinajstić information content (AvgIpc) is 3.57. The number of halogens is 1. The van der Waals surface area contributed by atoms with Crippen LogP contribution in [0, 0.1) is 6.92 Å². The Bertz CT molecular complexity index is 1610. The van der Waals surface area contributed by atoms with Crippen LogP contribution in [0.4, 0.5) is 0 Å². The average molecular weight is 547 g/mol. The van der Waals surface area contributed by atoms with Crippen LogP contribution in [-0.2, 0) is 16.0 Å². The van der Waals surface area contributed by atoms with Gasteiger partial charge in [-0.3, -0.25) is 14.4 Å². The Morgan fingerprint density at radius 3 is 2.69 bits per heavy atom. The van der Waals surface area contributed by atoms with E-state index in [9.17, 15) is 14.4 Å². The van der Waals surface area contributed by atoms with Gasteiger partial charge in [-0.1, -0.05) is 53.2 Å². The van der Waals surface area contributed by atoms with E-state index in [2.05, 4.69) is 10.5 Å². The highest BCUT2D eigenvalue weighted by Crippen LogP contribution is 2.35. The van der Waals surface area contributed by atoms with Gasteiger partial charge < -0.3 is 19.3 Å². The predicted octanol–water partition coefficient (Wildman–Crippen LogP) is 4.94. The Hall–Kier alpha value is -3.65. The zero-order valence-corrected chi connectivity index (χ0v) is 22.6. The van der Waals surface area contributed by atoms with Crippen molar-refractivity contribution in [3.05, 3.63) is 75.2 Å². The van der Waals surface area contributed by atoms with Gasteiger partial charge in [0.05, 0.1) is 17.0 Å². The normalized spacial score (nSPS) is 21.5. The molecule has 0 radical (unpaired) electrons. The summed E-state index contributed by atoms with van der Waals surface area (Å²) in [5.41, 5.74) is 2.00. The van der Waals surface area contributed by atoms with Crippen molar-refractivity contribution in [1.29, 1.82) is 0 Å². The number of carbonyl (C=O) groups is 2. The molecule has 1 saturated carbocycles. The molecule has 1 aliphatic heterocycles. The van der Waals surface area contributed by atoms with Crippen LogP contribution in [0.5, 0.6) is 0 Å². The van der Waals surface area contributed by atoms with Crippen molar-refractivity contribution in [2.45, 2.75) is 70.0 Å². The second-order valence-electron chi connectivity index (χ2n) is 10.7. The van der Waals surface area contributed by atoms with Crippen LogP contribution in [0.15, 0.2) is 57.8 Å². The Morgan fingerprint density at radius 1 is 1.05 bits per heavy atom. The van der Waals surface area contributed by atoms with Gasteiger partial charge in [-0.25, -0.2) is 0 Å². The summed E-state index contributed by atoms with van der Waals surface area (Å²) in [7, 11) is 0. The molecule has 0 bridgehead atoms. The summed E-state index contributed by atoms with van der Waals surface area (Å²) < 4.78 is 7.20. The maximum Gasteiger partial charge on any atom is 0.264 e. The summed E-state index contributed by atoms with van der Waals surface area (Å²) >= 11 is 6.58. The number of pyridine rings is 1. The second-order valence-corrected chi connectivity index (χ2v) is 11.1. The number of carbonyl (C=O) groups excluding carboxylic acids is 2. The molecule has 1 aliphatic carbocycles. The zero-order chi connectivity index (χ0) is 27.1. The van der Waals surface area contributed by atoms with Crippen LogP contribution in [0.2, 0.25) is 5.02 Å². The number of aryl methyl sites for hydroxylation is 1. The number of nitrogens with zero attached hydrogens (tertiary/aromatic N) is 3. The molecule has 3 unspecified atom stereocenters. The molecule has 2 aromatic carbocycles. The van der Waals surface area contributed by atoms with Crippen molar-refractivity contribution < 1.29 is 14.1 Å². The number of nitrogens with one attached hydrogen (secondary N) is 1. The highest BCUT2D eigenvalue weighted by Gasteiger charge is 2.36. The molecular formula is C30H31ClN4O4. The molecule has 3 heterocycles. The third-order valence-corrected chi connectivity index (χ3v) is 8.53. The Labute approximate surface area is 230 Å². The summed E-state index contributed by atoms with van der Waals surface area (Å²) in [6.07, 6.45) is 4.89. The molecule has 0 spiro atoms. The monoisotopic (exact) mass is 546 g/mol.